The standard InChI is InChI=1S/C48H29NOS2/c1-2-9-30(10-3-1)31-17-21-33(22-18-31)49(35-25-27-42-40(29-35)37-11-4-6-14-41(37)50-42)34-23-19-32(20-24-34)36-13-8-16-44-46(36)47-45(51-44)28-26-39-38-12-5-7-15-43(38)52-48(39)47/h1-29H. The molecule has 11 aromatic rings. The van der Waals surface area contributed by atoms with Crippen molar-refractivity contribution < 1.29 is 4.42 Å². The minimum absolute atomic E-state index is 0.892. The molecule has 0 bridgehead atoms. The van der Waals surface area contributed by atoms with Crippen LogP contribution in [0.3, 0.4) is 0 Å². The Labute approximate surface area is 308 Å². The molecule has 2 nitrogen and oxygen atoms in total. The van der Waals surface area contributed by atoms with Crippen molar-refractivity contribution in [1.82, 2.24) is 0 Å². The quantitative estimate of drug-likeness (QED) is 0.178. The molecule has 244 valence electrons. The number of nitrogens with zero attached hydrogens (tertiary/aromatic N) is 1. The zero-order chi connectivity index (χ0) is 34.2. The van der Waals surface area contributed by atoms with Gasteiger partial charge in [0.2, 0.25) is 0 Å². The Balaban J connectivity index is 1.06. The van der Waals surface area contributed by atoms with Gasteiger partial charge in [-0.05, 0) is 89.0 Å². The summed E-state index contributed by atoms with van der Waals surface area (Å²) in [6, 6.07) is 63.5. The number of hydrogen-bond acceptors (Lipinski definition) is 4. The first kappa shape index (κ1) is 29.5. The molecule has 11 rings (SSSR count). The molecular weight excluding hydrogens is 671 g/mol. The molecule has 8 aromatic carbocycles. The summed E-state index contributed by atoms with van der Waals surface area (Å²) in [4.78, 5) is 2.35. The number of anilines is 3. The third-order valence-corrected chi connectivity index (χ3v) is 12.6. The van der Waals surface area contributed by atoms with Crippen molar-refractivity contribution in [3.8, 4) is 22.3 Å². The zero-order valence-electron chi connectivity index (χ0n) is 27.9. The van der Waals surface area contributed by atoms with Gasteiger partial charge in [-0.25, -0.2) is 0 Å². The molecule has 0 unspecified atom stereocenters. The molecule has 0 aliphatic heterocycles. The van der Waals surface area contributed by atoms with Crippen LogP contribution in [0.25, 0.3) is 84.5 Å². The van der Waals surface area contributed by atoms with E-state index in [0.717, 1.165) is 39.0 Å². The Morgan fingerprint density at radius 1 is 0.365 bits per heavy atom. The first-order valence-corrected chi connectivity index (χ1v) is 19.1. The lowest BCUT2D eigenvalue weighted by Crippen LogP contribution is -2.09. The van der Waals surface area contributed by atoms with Crippen LogP contribution >= 0.6 is 22.7 Å². The van der Waals surface area contributed by atoms with Gasteiger partial charge in [-0.2, -0.15) is 0 Å². The maximum atomic E-state index is 6.21. The van der Waals surface area contributed by atoms with Gasteiger partial charge in [0.25, 0.3) is 0 Å². The molecule has 0 amide bonds. The van der Waals surface area contributed by atoms with Crippen molar-refractivity contribution in [3.05, 3.63) is 176 Å². The van der Waals surface area contributed by atoms with Gasteiger partial charge >= 0.3 is 0 Å². The largest absolute Gasteiger partial charge is 0.456 e. The van der Waals surface area contributed by atoms with Crippen molar-refractivity contribution >= 4 is 102 Å². The summed E-state index contributed by atoms with van der Waals surface area (Å²) in [5.41, 5.74) is 9.95. The summed E-state index contributed by atoms with van der Waals surface area (Å²) in [5, 5.41) is 7.63. The van der Waals surface area contributed by atoms with Crippen molar-refractivity contribution in [2.24, 2.45) is 0 Å². The van der Waals surface area contributed by atoms with Crippen LogP contribution in [0.2, 0.25) is 0 Å². The van der Waals surface area contributed by atoms with E-state index in [1.54, 1.807) is 0 Å². The Morgan fingerprint density at radius 2 is 1.00 bits per heavy atom. The molecule has 0 radical (unpaired) electrons. The zero-order valence-corrected chi connectivity index (χ0v) is 29.5. The van der Waals surface area contributed by atoms with E-state index in [1.807, 2.05) is 34.8 Å². The third-order valence-electron chi connectivity index (χ3n) is 10.3. The molecule has 0 aliphatic carbocycles. The van der Waals surface area contributed by atoms with Crippen LogP contribution in [0, 0.1) is 0 Å². The summed E-state index contributed by atoms with van der Waals surface area (Å²) in [6.45, 7) is 0. The lowest BCUT2D eigenvalue weighted by Gasteiger charge is -2.26. The van der Waals surface area contributed by atoms with E-state index in [-0.39, 0.29) is 0 Å². The first-order chi connectivity index (χ1) is 25.8. The maximum Gasteiger partial charge on any atom is 0.135 e. The van der Waals surface area contributed by atoms with Crippen LogP contribution in [0.5, 0.6) is 0 Å². The summed E-state index contributed by atoms with van der Waals surface area (Å²) in [7, 11) is 0. The Kier molecular flexibility index (Phi) is 6.63. The van der Waals surface area contributed by atoms with Gasteiger partial charge in [-0.3, -0.25) is 0 Å². The predicted octanol–water partition coefficient (Wildman–Crippen LogP) is 15.1. The fourth-order valence-corrected chi connectivity index (χ4v) is 10.3. The summed E-state index contributed by atoms with van der Waals surface area (Å²) in [5.74, 6) is 0. The van der Waals surface area contributed by atoms with Crippen molar-refractivity contribution in [2.75, 3.05) is 4.90 Å². The number of benzene rings is 8. The monoisotopic (exact) mass is 699 g/mol. The van der Waals surface area contributed by atoms with Gasteiger partial charge in [0.1, 0.15) is 11.2 Å². The second kappa shape index (κ2) is 11.7. The number of thiophene rings is 2. The molecule has 0 aliphatic rings. The lowest BCUT2D eigenvalue weighted by atomic mass is 9.98. The topological polar surface area (TPSA) is 16.4 Å². The van der Waals surface area contributed by atoms with Gasteiger partial charge in [0, 0.05) is 68.2 Å². The van der Waals surface area contributed by atoms with E-state index in [4.69, 9.17) is 4.42 Å². The summed E-state index contributed by atoms with van der Waals surface area (Å²) >= 11 is 3.80. The van der Waals surface area contributed by atoms with Crippen LogP contribution in [0.15, 0.2) is 180 Å². The van der Waals surface area contributed by atoms with Crippen LogP contribution in [-0.4, -0.2) is 0 Å². The van der Waals surface area contributed by atoms with Gasteiger partial charge < -0.3 is 9.32 Å². The highest BCUT2D eigenvalue weighted by Crippen LogP contribution is 2.47. The normalized spacial score (nSPS) is 11.8. The molecule has 0 spiro atoms. The fourth-order valence-electron chi connectivity index (χ4n) is 7.85. The smallest absolute Gasteiger partial charge is 0.135 e. The molecule has 3 heterocycles. The molecule has 3 aromatic heterocycles. The highest BCUT2D eigenvalue weighted by Gasteiger charge is 2.19. The van der Waals surface area contributed by atoms with Crippen LogP contribution in [0.1, 0.15) is 0 Å². The van der Waals surface area contributed by atoms with Crippen molar-refractivity contribution in [2.45, 2.75) is 0 Å². The molecule has 0 saturated carbocycles. The molecule has 0 saturated heterocycles. The molecule has 0 atom stereocenters. The highest BCUT2D eigenvalue weighted by atomic mass is 32.1. The maximum absolute atomic E-state index is 6.21. The van der Waals surface area contributed by atoms with E-state index in [9.17, 15) is 0 Å². The van der Waals surface area contributed by atoms with Gasteiger partial charge in [-0.15, -0.1) is 22.7 Å². The lowest BCUT2D eigenvalue weighted by molar-refractivity contribution is 0.669. The van der Waals surface area contributed by atoms with Crippen LogP contribution in [-0.2, 0) is 0 Å². The fraction of sp³-hybridized carbons (Fsp3) is 0. The Bertz CT molecular complexity index is 3110. The number of furan rings is 1. The highest BCUT2D eigenvalue weighted by molar-refractivity contribution is 7.29. The second-order valence-electron chi connectivity index (χ2n) is 13.3. The van der Waals surface area contributed by atoms with E-state index in [1.165, 1.54) is 62.6 Å². The first-order valence-electron chi connectivity index (χ1n) is 17.5. The van der Waals surface area contributed by atoms with Gasteiger partial charge in [0.15, 0.2) is 0 Å². The average molecular weight is 700 g/mol. The predicted molar refractivity (Wildman–Crippen MR) is 225 cm³/mol. The number of fused-ring (bicyclic) bond motifs is 10. The number of para-hydroxylation sites is 1. The summed E-state index contributed by atoms with van der Waals surface area (Å²) in [6.07, 6.45) is 0. The van der Waals surface area contributed by atoms with E-state index in [0.29, 0.717) is 0 Å². The van der Waals surface area contributed by atoms with Gasteiger partial charge in [0.05, 0.1) is 0 Å². The minimum atomic E-state index is 0.892. The average Bonchev–Trinajstić information content (AvgIpc) is 3.90. The number of hydrogen-bond donors (Lipinski definition) is 0. The third kappa shape index (κ3) is 4.62. The molecule has 4 heteroatoms. The summed E-state index contributed by atoms with van der Waals surface area (Å²) < 4.78 is 11.6. The molecule has 0 fully saturated rings. The number of rotatable bonds is 5. The van der Waals surface area contributed by atoms with E-state index < -0.39 is 0 Å². The molecule has 52 heavy (non-hydrogen) atoms. The molecular formula is C48H29NOS2. The van der Waals surface area contributed by atoms with Crippen LogP contribution in [0.4, 0.5) is 17.1 Å². The second-order valence-corrected chi connectivity index (χ2v) is 15.4. The van der Waals surface area contributed by atoms with Gasteiger partial charge in [-0.1, -0.05) is 109 Å². The van der Waals surface area contributed by atoms with Crippen LogP contribution < -0.4 is 4.90 Å². The molecule has 0 N–H and O–H groups in total. The van der Waals surface area contributed by atoms with Crippen molar-refractivity contribution in [1.29, 1.82) is 0 Å². The Morgan fingerprint density at radius 3 is 1.83 bits per heavy atom. The minimum Gasteiger partial charge on any atom is -0.456 e. The van der Waals surface area contributed by atoms with E-state index >= 15 is 0 Å². The Hall–Kier alpha value is -6.20. The van der Waals surface area contributed by atoms with E-state index in [2.05, 4.69) is 169 Å². The SMILES string of the molecule is c1ccc(-c2ccc(N(c3ccc(-c4cccc5sc6ccc7c8ccccc8sc7c6c45)cc3)c3ccc4oc5ccccc5c4c3)cc2)cc1. The van der Waals surface area contributed by atoms with Crippen molar-refractivity contribution in [3.63, 3.8) is 0 Å².